The molecule has 0 N–H and O–H groups in total. The van der Waals surface area contributed by atoms with Crippen LogP contribution >= 0.6 is 0 Å². The van der Waals surface area contributed by atoms with Crippen LogP contribution in [0.2, 0.25) is 0 Å². The molecule has 5 heteroatoms. The summed E-state index contributed by atoms with van der Waals surface area (Å²) in [4.78, 5) is 16.3. The van der Waals surface area contributed by atoms with Crippen LogP contribution in [0.5, 0.6) is 0 Å². The fraction of sp³-hybridized carbons (Fsp3) is 0.529. The number of amides is 1. The molecule has 0 atom stereocenters. The van der Waals surface area contributed by atoms with Crippen molar-refractivity contribution in [3.63, 3.8) is 0 Å². The molecule has 116 valence electrons. The highest BCUT2D eigenvalue weighted by atomic mass is 16.6. The van der Waals surface area contributed by atoms with Gasteiger partial charge in [0, 0.05) is 25.3 Å². The third-order valence-electron chi connectivity index (χ3n) is 4.32. The Labute approximate surface area is 131 Å². The second-order valence-corrected chi connectivity index (χ2v) is 7.12. The molecule has 0 radical (unpaired) electrons. The molecule has 2 aliphatic heterocycles. The first-order valence-electron chi connectivity index (χ1n) is 7.59. The first kappa shape index (κ1) is 14.7. The van der Waals surface area contributed by atoms with Crippen molar-refractivity contribution in [2.24, 2.45) is 0 Å². The van der Waals surface area contributed by atoms with Crippen molar-refractivity contribution in [2.75, 3.05) is 24.5 Å². The van der Waals surface area contributed by atoms with Crippen LogP contribution < -0.4 is 4.90 Å². The van der Waals surface area contributed by atoms with E-state index in [1.165, 1.54) is 0 Å². The van der Waals surface area contributed by atoms with Crippen molar-refractivity contribution in [2.45, 2.75) is 38.3 Å². The lowest BCUT2D eigenvalue weighted by Gasteiger charge is -2.62. The Bertz CT molecular complexity index is 619. The van der Waals surface area contributed by atoms with E-state index in [1.54, 1.807) is 0 Å². The number of rotatable bonds is 1. The van der Waals surface area contributed by atoms with Crippen LogP contribution in [-0.4, -0.2) is 41.8 Å². The molecule has 0 aromatic heterocycles. The number of nitriles is 1. The third kappa shape index (κ3) is 2.50. The average molecular weight is 299 g/mol. The lowest BCUT2D eigenvalue weighted by Crippen LogP contribution is -2.78. The number of likely N-dealkylation sites (tertiary alicyclic amines) is 1. The van der Waals surface area contributed by atoms with Gasteiger partial charge in [-0.3, -0.25) is 4.90 Å². The third-order valence-corrected chi connectivity index (χ3v) is 4.32. The van der Waals surface area contributed by atoms with Crippen LogP contribution in [0.1, 0.15) is 32.8 Å². The highest BCUT2D eigenvalue weighted by molar-refractivity contribution is 5.72. The van der Waals surface area contributed by atoms with Gasteiger partial charge in [0.05, 0.1) is 17.2 Å². The van der Waals surface area contributed by atoms with E-state index in [0.29, 0.717) is 5.56 Å². The molecule has 0 aliphatic carbocycles. The number of nitrogens with zero attached hydrogens (tertiary/aromatic N) is 3. The number of carbonyl (C=O) groups excluding carboxylic acids is 1. The highest BCUT2D eigenvalue weighted by Crippen LogP contribution is 2.42. The Hall–Kier alpha value is -2.22. The minimum absolute atomic E-state index is 0.0593. The molecule has 1 amide bonds. The molecule has 1 aromatic rings. The standard InChI is InChI=1S/C17H21N3O2/c1-16(2,3)22-15(21)20-9-8-17(20)11-19(12-17)14-6-4-13(10-18)5-7-14/h4-7H,8-9,11-12H2,1-3H3. The van der Waals surface area contributed by atoms with E-state index in [0.717, 1.165) is 31.7 Å². The number of benzene rings is 1. The monoisotopic (exact) mass is 299 g/mol. The number of anilines is 1. The number of carbonyl (C=O) groups is 1. The van der Waals surface area contributed by atoms with E-state index in [1.807, 2.05) is 49.9 Å². The van der Waals surface area contributed by atoms with Gasteiger partial charge in [-0.2, -0.15) is 5.26 Å². The average Bonchev–Trinajstić information content (AvgIpc) is 2.34. The Morgan fingerprint density at radius 3 is 2.36 bits per heavy atom. The summed E-state index contributed by atoms with van der Waals surface area (Å²) in [6, 6.07) is 9.70. The zero-order chi connectivity index (χ0) is 16.0. The van der Waals surface area contributed by atoms with Crippen molar-refractivity contribution < 1.29 is 9.53 Å². The van der Waals surface area contributed by atoms with Gasteiger partial charge in [0.1, 0.15) is 5.60 Å². The molecule has 3 rings (SSSR count). The number of hydrogen-bond acceptors (Lipinski definition) is 4. The van der Waals surface area contributed by atoms with Crippen LogP contribution in [0.3, 0.4) is 0 Å². The van der Waals surface area contributed by atoms with Gasteiger partial charge in [0.2, 0.25) is 0 Å². The second-order valence-electron chi connectivity index (χ2n) is 7.12. The molecule has 2 fully saturated rings. The molecule has 22 heavy (non-hydrogen) atoms. The maximum absolute atomic E-state index is 12.2. The molecule has 2 saturated heterocycles. The summed E-state index contributed by atoms with van der Waals surface area (Å²) in [6.07, 6.45) is 0.817. The van der Waals surface area contributed by atoms with E-state index in [-0.39, 0.29) is 11.6 Å². The van der Waals surface area contributed by atoms with Crippen molar-refractivity contribution in [3.8, 4) is 6.07 Å². The van der Waals surface area contributed by atoms with Gasteiger partial charge in [-0.05, 0) is 51.5 Å². The minimum Gasteiger partial charge on any atom is -0.444 e. The van der Waals surface area contributed by atoms with Gasteiger partial charge in [-0.1, -0.05) is 0 Å². The summed E-state index contributed by atoms with van der Waals surface area (Å²) >= 11 is 0. The van der Waals surface area contributed by atoms with E-state index in [2.05, 4.69) is 11.0 Å². The van der Waals surface area contributed by atoms with Crippen LogP contribution in [0.25, 0.3) is 0 Å². The predicted octanol–water partition coefficient (Wildman–Crippen LogP) is 2.76. The largest absolute Gasteiger partial charge is 0.444 e. The van der Waals surface area contributed by atoms with Crippen molar-refractivity contribution in [3.05, 3.63) is 29.8 Å². The highest BCUT2D eigenvalue weighted by Gasteiger charge is 2.56. The van der Waals surface area contributed by atoms with Crippen molar-refractivity contribution in [1.29, 1.82) is 5.26 Å². The fourth-order valence-electron chi connectivity index (χ4n) is 3.06. The Morgan fingerprint density at radius 1 is 1.27 bits per heavy atom. The lowest BCUT2D eigenvalue weighted by molar-refractivity contribution is -0.0560. The molecular weight excluding hydrogens is 278 g/mol. The van der Waals surface area contributed by atoms with Gasteiger partial charge < -0.3 is 9.64 Å². The summed E-state index contributed by atoms with van der Waals surface area (Å²) in [5, 5.41) is 8.84. The molecule has 1 aromatic carbocycles. The molecule has 2 aliphatic rings. The Balaban J connectivity index is 1.62. The predicted molar refractivity (Wildman–Crippen MR) is 83.7 cm³/mol. The molecule has 0 saturated carbocycles. The van der Waals surface area contributed by atoms with E-state index < -0.39 is 5.60 Å². The maximum atomic E-state index is 12.2. The molecule has 2 heterocycles. The Morgan fingerprint density at radius 2 is 1.91 bits per heavy atom. The molecule has 5 nitrogen and oxygen atoms in total. The van der Waals surface area contributed by atoms with Crippen LogP contribution in [0.15, 0.2) is 24.3 Å². The van der Waals surface area contributed by atoms with Gasteiger partial charge in [0.15, 0.2) is 0 Å². The van der Waals surface area contributed by atoms with Gasteiger partial charge in [0.25, 0.3) is 0 Å². The molecule has 0 bridgehead atoms. The van der Waals surface area contributed by atoms with E-state index in [4.69, 9.17) is 10.00 Å². The summed E-state index contributed by atoms with van der Waals surface area (Å²) in [7, 11) is 0. The smallest absolute Gasteiger partial charge is 0.410 e. The van der Waals surface area contributed by atoms with Gasteiger partial charge in [-0.25, -0.2) is 4.79 Å². The summed E-state index contributed by atoms with van der Waals surface area (Å²) < 4.78 is 5.48. The lowest BCUT2D eigenvalue weighted by atomic mass is 9.77. The zero-order valence-electron chi connectivity index (χ0n) is 13.3. The van der Waals surface area contributed by atoms with Crippen molar-refractivity contribution in [1.82, 2.24) is 4.90 Å². The SMILES string of the molecule is CC(C)(C)OC(=O)N1CCC12CN(c1ccc(C#N)cc1)C2. The second kappa shape index (κ2) is 4.91. The number of ether oxygens (including phenoxy) is 1. The first-order valence-corrected chi connectivity index (χ1v) is 7.59. The van der Waals surface area contributed by atoms with Gasteiger partial charge in [-0.15, -0.1) is 0 Å². The quantitative estimate of drug-likeness (QED) is 0.800. The topological polar surface area (TPSA) is 56.6 Å². The molecule has 1 spiro atoms. The minimum atomic E-state index is -0.454. The van der Waals surface area contributed by atoms with E-state index in [9.17, 15) is 4.79 Å². The van der Waals surface area contributed by atoms with Gasteiger partial charge >= 0.3 is 6.09 Å². The summed E-state index contributed by atoms with van der Waals surface area (Å²) in [5.74, 6) is 0. The molecule has 0 unspecified atom stereocenters. The van der Waals surface area contributed by atoms with Crippen molar-refractivity contribution >= 4 is 11.8 Å². The zero-order valence-corrected chi connectivity index (χ0v) is 13.3. The van der Waals surface area contributed by atoms with Crippen LogP contribution in [-0.2, 0) is 4.74 Å². The fourth-order valence-corrected chi connectivity index (χ4v) is 3.06. The molecular formula is C17H21N3O2. The first-order chi connectivity index (χ1) is 10.3. The summed E-state index contributed by atoms with van der Waals surface area (Å²) in [5.41, 5.74) is 1.25. The normalized spacial score (nSPS) is 19.2. The van der Waals surface area contributed by atoms with E-state index >= 15 is 0 Å². The van der Waals surface area contributed by atoms with Crippen LogP contribution in [0, 0.1) is 11.3 Å². The number of hydrogen-bond donors (Lipinski definition) is 0. The Kier molecular flexibility index (Phi) is 3.28. The van der Waals surface area contributed by atoms with Crippen LogP contribution in [0.4, 0.5) is 10.5 Å². The summed E-state index contributed by atoms with van der Waals surface area (Å²) in [6.45, 7) is 8.11. The maximum Gasteiger partial charge on any atom is 0.410 e.